The van der Waals surface area contributed by atoms with Crippen molar-refractivity contribution < 1.29 is 14.3 Å². The van der Waals surface area contributed by atoms with Crippen LogP contribution in [-0.4, -0.2) is 16.1 Å². The van der Waals surface area contributed by atoms with Crippen molar-refractivity contribution in [3.8, 4) is 0 Å². The lowest BCUT2D eigenvalue weighted by molar-refractivity contribution is -0.140. The molecule has 1 heterocycles. The molecule has 0 radical (unpaired) electrons. The minimum atomic E-state index is -0.729. The number of carbonyl (C=O) groups is 1. The molecule has 4 rings (SSSR count). The van der Waals surface area contributed by atoms with Crippen molar-refractivity contribution in [2.75, 3.05) is 0 Å². The van der Waals surface area contributed by atoms with Crippen molar-refractivity contribution >= 4 is 17.1 Å². The highest BCUT2D eigenvalue weighted by Gasteiger charge is 2.51. The Balaban J connectivity index is 1.81. The summed E-state index contributed by atoms with van der Waals surface area (Å²) in [6.07, 6.45) is 3.75. The summed E-state index contributed by atoms with van der Waals surface area (Å²) >= 11 is 0. The van der Waals surface area contributed by atoms with Crippen LogP contribution in [-0.2, 0) is 10.2 Å². The average molecular weight is 243 g/mol. The lowest BCUT2D eigenvalue weighted by Crippen LogP contribution is -2.19. The number of fused-ring (bicyclic) bond motifs is 1. The van der Waals surface area contributed by atoms with Gasteiger partial charge >= 0.3 is 5.97 Å². The van der Waals surface area contributed by atoms with Crippen LogP contribution in [0.4, 0.5) is 0 Å². The van der Waals surface area contributed by atoms with E-state index in [2.05, 4.69) is 4.98 Å². The molecule has 0 unspecified atom stereocenters. The summed E-state index contributed by atoms with van der Waals surface area (Å²) in [7, 11) is 0. The molecular formula is C14H13NO3. The zero-order chi connectivity index (χ0) is 12.3. The lowest BCUT2D eigenvalue weighted by Gasteiger charge is -2.08. The summed E-state index contributed by atoms with van der Waals surface area (Å²) in [6, 6.07) is 5.60. The number of aromatic nitrogens is 1. The van der Waals surface area contributed by atoms with Crippen LogP contribution >= 0.6 is 0 Å². The molecule has 18 heavy (non-hydrogen) atoms. The largest absolute Gasteiger partial charge is 0.481 e. The third kappa shape index (κ3) is 1.32. The molecule has 0 atom stereocenters. The van der Waals surface area contributed by atoms with Crippen molar-refractivity contribution in [3.05, 3.63) is 29.7 Å². The number of nitrogens with zero attached hydrogens (tertiary/aromatic N) is 1. The van der Waals surface area contributed by atoms with Gasteiger partial charge in [0, 0.05) is 5.92 Å². The van der Waals surface area contributed by atoms with E-state index in [1.54, 1.807) is 0 Å². The summed E-state index contributed by atoms with van der Waals surface area (Å²) in [4.78, 5) is 15.8. The van der Waals surface area contributed by atoms with Crippen LogP contribution in [0.5, 0.6) is 0 Å². The molecule has 0 aliphatic heterocycles. The molecule has 1 aromatic heterocycles. The molecule has 92 valence electrons. The average Bonchev–Trinajstić information content (AvgIpc) is 3.23. The molecule has 1 aromatic carbocycles. The minimum absolute atomic E-state index is 0.482. The van der Waals surface area contributed by atoms with E-state index in [9.17, 15) is 9.90 Å². The zero-order valence-electron chi connectivity index (χ0n) is 9.85. The van der Waals surface area contributed by atoms with Crippen LogP contribution in [0.15, 0.2) is 22.6 Å². The fraction of sp³-hybridized carbons (Fsp3) is 0.429. The SMILES string of the molecule is O=C(O)C1(c2ccc3oc(C4CC4)nc3c2)CC1. The minimum Gasteiger partial charge on any atom is -0.481 e. The van der Waals surface area contributed by atoms with Gasteiger partial charge in [0.05, 0.1) is 5.41 Å². The van der Waals surface area contributed by atoms with E-state index in [1.165, 1.54) is 0 Å². The normalized spacial score (nSPS) is 21.1. The number of hydrogen-bond donors (Lipinski definition) is 1. The number of hydrogen-bond acceptors (Lipinski definition) is 3. The van der Waals surface area contributed by atoms with Crippen molar-refractivity contribution in [2.24, 2.45) is 0 Å². The quantitative estimate of drug-likeness (QED) is 0.900. The second-order valence-electron chi connectivity index (χ2n) is 5.40. The summed E-state index contributed by atoms with van der Waals surface area (Å²) in [5, 5.41) is 9.29. The molecule has 1 N–H and O–H groups in total. The van der Waals surface area contributed by atoms with Crippen molar-refractivity contribution in [2.45, 2.75) is 37.0 Å². The predicted molar refractivity (Wildman–Crippen MR) is 64.5 cm³/mol. The number of carboxylic acid groups (broad SMARTS) is 1. The Morgan fingerprint density at radius 2 is 2.17 bits per heavy atom. The first-order valence-electron chi connectivity index (χ1n) is 6.33. The van der Waals surface area contributed by atoms with Gasteiger partial charge in [0.25, 0.3) is 0 Å². The molecule has 2 aromatic rings. The molecule has 2 aliphatic rings. The Kier molecular flexibility index (Phi) is 1.76. The van der Waals surface area contributed by atoms with Gasteiger partial charge in [-0.2, -0.15) is 0 Å². The lowest BCUT2D eigenvalue weighted by atomic mass is 9.96. The van der Waals surface area contributed by atoms with E-state index in [4.69, 9.17) is 4.42 Å². The van der Waals surface area contributed by atoms with E-state index < -0.39 is 11.4 Å². The predicted octanol–water partition coefficient (Wildman–Crippen LogP) is 2.82. The van der Waals surface area contributed by atoms with Gasteiger partial charge in [-0.05, 0) is 43.4 Å². The number of carboxylic acids is 1. The second-order valence-corrected chi connectivity index (χ2v) is 5.40. The summed E-state index contributed by atoms with van der Waals surface area (Å²) in [6.45, 7) is 0. The maximum absolute atomic E-state index is 11.3. The zero-order valence-corrected chi connectivity index (χ0v) is 9.85. The fourth-order valence-corrected chi connectivity index (χ4v) is 2.50. The van der Waals surface area contributed by atoms with Crippen LogP contribution in [0.1, 0.15) is 43.1 Å². The van der Waals surface area contributed by atoms with Gasteiger partial charge in [-0.25, -0.2) is 4.98 Å². The molecule has 2 aliphatic carbocycles. The smallest absolute Gasteiger partial charge is 0.314 e. The van der Waals surface area contributed by atoms with Gasteiger partial charge in [0.1, 0.15) is 5.52 Å². The van der Waals surface area contributed by atoms with Crippen LogP contribution in [0.3, 0.4) is 0 Å². The van der Waals surface area contributed by atoms with E-state index in [1.807, 2.05) is 18.2 Å². The molecule has 0 amide bonds. The van der Waals surface area contributed by atoms with Crippen LogP contribution in [0, 0.1) is 0 Å². The van der Waals surface area contributed by atoms with Gasteiger partial charge in [0.15, 0.2) is 11.5 Å². The first kappa shape index (κ1) is 10.1. The Labute approximate surface area is 104 Å². The molecule has 2 saturated carbocycles. The van der Waals surface area contributed by atoms with Crippen LogP contribution in [0.25, 0.3) is 11.1 Å². The Morgan fingerprint density at radius 1 is 1.39 bits per heavy atom. The maximum Gasteiger partial charge on any atom is 0.314 e. The molecule has 2 fully saturated rings. The molecular weight excluding hydrogens is 230 g/mol. The fourth-order valence-electron chi connectivity index (χ4n) is 2.50. The van der Waals surface area contributed by atoms with Crippen molar-refractivity contribution in [3.63, 3.8) is 0 Å². The third-order valence-electron chi connectivity index (χ3n) is 4.04. The molecule has 0 spiro atoms. The summed E-state index contributed by atoms with van der Waals surface area (Å²) in [5.74, 6) is 0.560. The van der Waals surface area contributed by atoms with Crippen LogP contribution in [0.2, 0.25) is 0 Å². The highest BCUT2D eigenvalue weighted by molar-refractivity contribution is 5.87. The van der Waals surface area contributed by atoms with E-state index in [0.29, 0.717) is 5.92 Å². The number of benzene rings is 1. The highest BCUT2D eigenvalue weighted by atomic mass is 16.4. The van der Waals surface area contributed by atoms with Crippen molar-refractivity contribution in [1.29, 1.82) is 0 Å². The molecule has 4 nitrogen and oxygen atoms in total. The first-order valence-corrected chi connectivity index (χ1v) is 6.33. The molecule has 0 saturated heterocycles. The Hall–Kier alpha value is -1.84. The maximum atomic E-state index is 11.3. The van der Waals surface area contributed by atoms with Gasteiger partial charge in [-0.3, -0.25) is 4.79 Å². The topological polar surface area (TPSA) is 63.3 Å². The number of aliphatic carboxylic acids is 1. The number of oxazole rings is 1. The van der Waals surface area contributed by atoms with E-state index in [0.717, 1.165) is 48.2 Å². The second kappa shape index (κ2) is 3.13. The summed E-state index contributed by atoms with van der Waals surface area (Å²) in [5.41, 5.74) is 1.76. The Morgan fingerprint density at radius 3 is 2.78 bits per heavy atom. The van der Waals surface area contributed by atoms with Crippen LogP contribution < -0.4 is 0 Å². The molecule has 4 heteroatoms. The monoisotopic (exact) mass is 243 g/mol. The molecule has 0 bridgehead atoms. The first-order chi connectivity index (χ1) is 8.69. The van der Waals surface area contributed by atoms with Gasteiger partial charge in [-0.15, -0.1) is 0 Å². The van der Waals surface area contributed by atoms with Crippen molar-refractivity contribution in [1.82, 2.24) is 4.98 Å². The third-order valence-corrected chi connectivity index (χ3v) is 4.04. The number of rotatable bonds is 3. The standard InChI is InChI=1S/C14H13NO3/c16-13(17)14(5-6-14)9-3-4-11-10(7-9)15-12(18-11)8-1-2-8/h3-4,7-8H,1-2,5-6H2,(H,16,17). The van der Waals surface area contributed by atoms with Gasteiger partial charge in [-0.1, -0.05) is 6.07 Å². The Bertz CT molecular complexity index is 650. The van der Waals surface area contributed by atoms with Gasteiger partial charge in [0.2, 0.25) is 0 Å². The van der Waals surface area contributed by atoms with Gasteiger partial charge < -0.3 is 9.52 Å². The summed E-state index contributed by atoms with van der Waals surface area (Å²) < 4.78 is 5.68. The van der Waals surface area contributed by atoms with E-state index in [-0.39, 0.29) is 0 Å². The highest BCUT2D eigenvalue weighted by Crippen LogP contribution is 2.49. The van der Waals surface area contributed by atoms with E-state index >= 15 is 0 Å².